The van der Waals surface area contributed by atoms with E-state index in [1.54, 1.807) is 6.08 Å². The summed E-state index contributed by atoms with van der Waals surface area (Å²) in [6, 6.07) is -0.627. The third-order valence-electron chi connectivity index (χ3n) is 12.3. The van der Waals surface area contributed by atoms with E-state index in [4.69, 9.17) is 4.74 Å². The van der Waals surface area contributed by atoms with Gasteiger partial charge in [-0.05, 0) is 32.1 Å². The van der Waals surface area contributed by atoms with E-state index >= 15 is 0 Å². The van der Waals surface area contributed by atoms with Gasteiger partial charge in [0.2, 0.25) is 5.91 Å². The fourth-order valence-corrected chi connectivity index (χ4v) is 8.22. The predicted molar refractivity (Wildman–Crippen MR) is 255 cm³/mol. The Morgan fingerprint density at radius 2 is 0.780 bits per heavy atom. The standard InChI is InChI=1S/C53H103NO5/c1-3-5-7-9-11-13-15-23-27-31-35-39-43-47-53(58)59-48-44-40-36-32-28-25-22-20-18-16-17-19-21-24-26-30-34-38-42-46-52(57)54-50(49-55)51(56)45-41-37-33-29-14-12-10-8-6-4-2/h41,45,50-51,55-56H,3-40,42-44,46-49H2,1-2H3,(H,54,57)/b45-41+. The molecule has 6 heteroatoms. The van der Waals surface area contributed by atoms with Gasteiger partial charge in [-0.15, -0.1) is 0 Å². The lowest BCUT2D eigenvalue weighted by Gasteiger charge is -2.20. The number of aliphatic hydroxyl groups excluding tert-OH is 2. The van der Waals surface area contributed by atoms with E-state index in [1.807, 2.05) is 6.08 Å². The largest absolute Gasteiger partial charge is 0.466 e. The molecule has 0 aliphatic carbocycles. The van der Waals surface area contributed by atoms with Crippen LogP contribution in [0.5, 0.6) is 0 Å². The van der Waals surface area contributed by atoms with Gasteiger partial charge < -0.3 is 20.3 Å². The maximum atomic E-state index is 12.4. The molecule has 0 aromatic rings. The van der Waals surface area contributed by atoms with E-state index in [1.165, 1.54) is 225 Å². The Labute approximate surface area is 368 Å². The molecule has 2 atom stereocenters. The van der Waals surface area contributed by atoms with Crippen molar-refractivity contribution in [2.45, 2.75) is 302 Å². The van der Waals surface area contributed by atoms with Gasteiger partial charge in [-0.3, -0.25) is 9.59 Å². The molecule has 0 bridgehead atoms. The Bertz CT molecular complexity index is 878. The number of unbranched alkanes of at least 4 members (excludes halogenated alkanes) is 38. The monoisotopic (exact) mass is 834 g/mol. The lowest BCUT2D eigenvalue weighted by atomic mass is 10.0. The molecule has 0 aromatic carbocycles. The molecule has 59 heavy (non-hydrogen) atoms. The van der Waals surface area contributed by atoms with Crippen molar-refractivity contribution in [3.05, 3.63) is 12.2 Å². The van der Waals surface area contributed by atoms with Crippen molar-refractivity contribution >= 4 is 11.9 Å². The number of hydrogen-bond acceptors (Lipinski definition) is 5. The molecule has 0 spiro atoms. The van der Waals surface area contributed by atoms with Gasteiger partial charge in [0.1, 0.15) is 0 Å². The van der Waals surface area contributed by atoms with Crippen LogP contribution in [0.25, 0.3) is 0 Å². The van der Waals surface area contributed by atoms with Gasteiger partial charge >= 0.3 is 5.97 Å². The van der Waals surface area contributed by atoms with Crippen LogP contribution in [0, 0.1) is 0 Å². The SMILES string of the molecule is CCCCCCCCCC/C=C/C(O)C(CO)NC(=O)CCCCCCCCCCCCCCCCCCCCCOC(=O)CCCCCCCCCCCCCCC. The zero-order chi connectivity index (χ0) is 43.0. The van der Waals surface area contributed by atoms with Gasteiger partial charge in [0.05, 0.1) is 25.4 Å². The summed E-state index contributed by atoms with van der Waals surface area (Å²) in [5.41, 5.74) is 0. The molecule has 3 N–H and O–H groups in total. The highest BCUT2D eigenvalue weighted by atomic mass is 16.5. The van der Waals surface area contributed by atoms with Gasteiger partial charge in [-0.1, -0.05) is 257 Å². The molecule has 6 nitrogen and oxygen atoms in total. The summed E-state index contributed by atoms with van der Waals surface area (Å²) in [5.74, 6) is -0.0624. The van der Waals surface area contributed by atoms with Crippen LogP contribution in [0.1, 0.15) is 290 Å². The average molecular weight is 834 g/mol. The van der Waals surface area contributed by atoms with Crippen LogP contribution in [0.2, 0.25) is 0 Å². The molecule has 0 saturated carbocycles. The number of rotatable bonds is 49. The number of allylic oxidation sites excluding steroid dienone is 1. The molecule has 1 amide bonds. The molecule has 0 aromatic heterocycles. The number of esters is 1. The van der Waals surface area contributed by atoms with Crippen LogP contribution >= 0.6 is 0 Å². The zero-order valence-corrected chi connectivity index (χ0v) is 39.7. The first-order valence-electron chi connectivity index (χ1n) is 26.5. The Morgan fingerprint density at radius 1 is 0.458 bits per heavy atom. The van der Waals surface area contributed by atoms with Crippen molar-refractivity contribution in [3.8, 4) is 0 Å². The van der Waals surface area contributed by atoms with Crippen LogP contribution in [0.4, 0.5) is 0 Å². The quantitative estimate of drug-likeness (QED) is 0.0322. The van der Waals surface area contributed by atoms with Crippen LogP contribution in [0.15, 0.2) is 12.2 Å². The van der Waals surface area contributed by atoms with Crippen molar-refractivity contribution < 1.29 is 24.5 Å². The fourth-order valence-electron chi connectivity index (χ4n) is 8.22. The third-order valence-corrected chi connectivity index (χ3v) is 12.3. The average Bonchev–Trinajstić information content (AvgIpc) is 3.24. The van der Waals surface area contributed by atoms with E-state index in [-0.39, 0.29) is 18.5 Å². The number of carbonyl (C=O) groups is 2. The highest BCUT2D eigenvalue weighted by Gasteiger charge is 2.18. The molecule has 2 unspecified atom stereocenters. The second-order valence-electron chi connectivity index (χ2n) is 18.2. The zero-order valence-electron chi connectivity index (χ0n) is 39.7. The fraction of sp³-hybridized carbons (Fsp3) is 0.925. The van der Waals surface area contributed by atoms with E-state index in [0.717, 1.165) is 38.5 Å². The molecule has 0 aliphatic heterocycles. The second kappa shape index (κ2) is 49.3. The number of hydrogen-bond donors (Lipinski definition) is 3. The first kappa shape index (κ1) is 57.6. The van der Waals surface area contributed by atoms with Crippen LogP contribution in [-0.2, 0) is 14.3 Å². The number of aliphatic hydroxyl groups is 2. The van der Waals surface area contributed by atoms with Gasteiger partial charge in [0.15, 0.2) is 0 Å². The summed E-state index contributed by atoms with van der Waals surface area (Å²) in [7, 11) is 0. The lowest BCUT2D eigenvalue weighted by molar-refractivity contribution is -0.143. The molecule has 350 valence electrons. The topological polar surface area (TPSA) is 95.9 Å². The molecule has 0 heterocycles. The Balaban J connectivity index is 3.39. The first-order valence-corrected chi connectivity index (χ1v) is 26.5. The highest BCUT2D eigenvalue weighted by molar-refractivity contribution is 5.76. The Kier molecular flexibility index (Phi) is 48.1. The number of ether oxygens (including phenoxy) is 1. The van der Waals surface area contributed by atoms with Crippen molar-refractivity contribution in [1.82, 2.24) is 5.32 Å². The molecule has 0 radical (unpaired) electrons. The molecular formula is C53H103NO5. The molecule has 0 fully saturated rings. The van der Waals surface area contributed by atoms with E-state index in [9.17, 15) is 19.8 Å². The van der Waals surface area contributed by atoms with Gasteiger partial charge in [0.25, 0.3) is 0 Å². The molecule has 0 aliphatic rings. The summed E-state index contributed by atoms with van der Waals surface area (Å²) in [6.07, 6.45) is 56.5. The first-order chi connectivity index (χ1) is 29.0. The maximum Gasteiger partial charge on any atom is 0.305 e. The van der Waals surface area contributed by atoms with Crippen molar-refractivity contribution in [2.75, 3.05) is 13.2 Å². The minimum Gasteiger partial charge on any atom is -0.466 e. The third kappa shape index (κ3) is 45.9. The second-order valence-corrected chi connectivity index (χ2v) is 18.2. The van der Waals surface area contributed by atoms with Crippen molar-refractivity contribution in [2.24, 2.45) is 0 Å². The molecule has 0 saturated heterocycles. The summed E-state index contributed by atoms with van der Waals surface area (Å²) in [4.78, 5) is 24.4. The number of nitrogens with one attached hydrogen (secondary N) is 1. The van der Waals surface area contributed by atoms with Crippen LogP contribution in [0.3, 0.4) is 0 Å². The summed E-state index contributed by atoms with van der Waals surface area (Å²) in [5, 5.41) is 22.9. The van der Waals surface area contributed by atoms with Gasteiger partial charge in [0, 0.05) is 12.8 Å². The summed E-state index contributed by atoms with van der Waals surface area (Å²) >= 11 is 0. The number of carbonyl (C=O) groups excluding carboxylic acids is 2. The van der Waals surface area contributed by atoms with Crippen LogP contribution in [-0.4, -0.2) is 47.4 Å². The maximum absolute atomic E-state index is 12.4. The molecular weight excluding hydrogens is 731 g/mol. The van der Waals surface area contributed by atoms with E-state index in [0.29, 0.717) is 19.4 Å². The minimum atomic E-state index is -0.843. The summed E-state index contributed by atoms with van der Waals surface area (Å²) in [6.45, 7) is 4.88. The Hall–Kier alpha value is -1.40. The Morgan fingerprint density at radius 3 is 1.15 bits per heavy atom. The van der Waals surface area contributed by atoms with E-state index in [2.05, 4.69) is 19.2 Å². The van der Waals surface area contributed by atoms with Gasteiger partial charge in [-0.25, -0.2) is 0 Å². The number of amides is 1. The summed E-state index contributed by atoms with van der Waals surface area (Å²) < 4.78 is 5.47. The van der Waals surface area contributed by atoms with Crippen molar-refractivity contribution in [3.63, 3.8) is 0 Å². The normalized spacial score (nSPS) is 12.7. The van der Waals surface area contributed by atoms with Crippen LogP contribution < -0.4 is 5.32 Å². The smallest absolute Gasteiger partial charge is 0.305 e. The van der Waals surface area contributed by atoms with Crippen molar-refractivity contribution in [1.29, 1.82) is 0 Å². The highest BCUT2D eigenvalue weighted by Crippen LogP contribution is 2.17. The van der Waals surface area contributed by atoms with Gasteiger partial charge in [-0.2, -0.15) is 0 Å². The predicted octanol–water partition coefficient (Wildman–Crippen LogP) is 15.7. The molecule has 0 rings (SSSR count). The minimum absolute atomic E-state index is 0.00971. The van der Waals surface area contributed by atoms with E-state index < -0.39 is 12.1 Å². The lowest BCUT2D eigenvalue weighted by Crippen LogP contribution is -2.45.